The quantitative estimate of drug-likeness (QED) is 0.856. The minimum Gasteiger partial charge on any atom is -0.349 e. The zero-order chi connectivity index (χ0) is 15.5. The number of thiocarbonyl (C=S) groups is 1. The van der Waals surface area contributed by atoms with Crippen LogP contribution in [0, 0.1) is 0 Å². The highest BCUT2D eigenvalue weighted by molar-refractivity contribution is 7.80. The molecule has 0 spiro atoms. The Morgan fingerprint density at radius 1 is 1.09 bits per heavy atom. The van der Waals surface area contributed by atoms with Crippen LogP contribution in [0.1, 0.15) is 18.5 Å². The fraction of sp³-hybridized carbons (Fsp3) is 0.235. The number of halogens is 1. The predicted molar refractivity (Wildman–Crippen MR) is 96.1 cm³/mol. The molecule has 3 rings (SSSR count). The summed E-state index contributed by atoms with van der Waals surface area (Å²) >= 11 is 11.4. The third-order valence-electron chi connectivity index (χ3n) is 3.97. The molecule has 1 saturated heterocycles. The van der Waals surface area contributed by atoms with Crippen molar-refractivity contribution in [1.82, 2.24) is 10.2 Å². The average Bonchev–Trinajstić information content (AvgIpc) is 2.56. The summed E-state index contributed by atoms with van der Waals surface area (Å²) < 4.78 is 0. The van der Waals surface area contributed by atoms with Crippen LogP contribution in [0.15, 0.2) is 54.6 Å². The first-order valence-corrected chi connectivity index (χ1v) is 8.04. The van der Waals surface area contributed by atoms with Crippen molar-refractivity contribution in [2.24, 2.45) is 0 Å². The minimum atomic E-state index is 0.312. The molecule has 0 radical (unpaired) electrons. The molecule has 1 N–H and O–H groups in total. The van der Waals surface area contributed by atoms with Crippen LogP contribution in [0.4, 0.5) is 5.69 Å². The van der Waals surface area contributed by atoms with Crippen molar-refractivity contribution in [2.45, 2.75) is 13.0 Å². The molecule has 0 bridgehead atoms. The molecule has 0 aromatic heterocycles. The maximum atomic E-state index is 5.97. The van der Waals surface area contributed by atoms with Crippen molar-refractivity contribution < 1.29 is 0 Å². The molecular formula is C17H18ClN3S. The molecule has 0 saturated carbocycles. The Morgan fingerprint density at radius 2 is 1.77 bits per heavy atom. The first kappa shape index (κ1) is 15.3. The summed E-state index contributed by atoms with van der Waals surface area (Å²) in [6.07, 6.45) is 0. The van der Waals surface area contributed by atoms with Gasteiger partial charge in [-0.1, -0.05) is 41.9 Å². The van der Waals surface area contributed by atoms with Crippen LogP contribution >= 0.6 is 23.8 Å². The van der Waals surface area contributed by atoms with Crippen molar-refractivity contribution in [1.29, 1.82) is 0 Å². The van der Waals surface area contributed by atoms with Crippen LogP contribution in [0.2, 0.25) is 5.02 Å². The van der Waals surface area contributed by atoms with Gasteiger partial charge in [0.05, 0.1) is 13.3 Å². The second-order valence-corrected chi connectivity index (χ2v) is 6.18. The maximum Gasteiger partial charge on any atom is 0.175 e. The molecule has 0 aliphatic carbocycles. The molecular weight excluding hydrogens is 314 g/mol. The smallest absolute Gasteiger partial charge is 0.175 e. The highest BCUT2D eigenvalue weighted by atomic mass is 35.5. The second kappa shape index (κ2) is 6.65. The zero-order valence-corrected chi connectivity index (χ0v) is 13.9. The van der Waals surface area contributed by atoms with Gasteiger partial charge in [0, 0.05) is 16.8 Å². The summed E-state index contributed by atoms with van der Waals surface area (Å²) in [7, 11) is 0. The Bertz CT molecular complexity index is 645. The Kier molecular flexibility index (Phi) is 4.62. The van der Waals surface area contributed by atoms with Crippen molar-refractivity contribution >= 4 is 34.6 Å². The fourth-order valence-corrected chi connectivity index (χ4v) is 2.94. The van der Waals surface area contributed by atoms with Gasteiger partial charge in [0.2, 0.25) is 0 Å². The van der Waals surface area contributed by atoms with E-state index in [4.69, 9.17) is 23.8 Å². The van der Waals surface area contributed by atoms with Gasteiger partial charge >= 0.3 is 0 Å². The van der Waals surface area contributed by atoms with E-state index >= 15 is 0 Å². The summed E-state index contributed by atoms with van der Waals surface area (Å²) in [4.78, 5) is 4.44. The number of hydrogen-bond donors (Lipinski definition) is 1. The van der Waals surface area contributed by atoms with Gasteiger partial charge in [0.15, 0.2) is 5.11 Å². The Labute approximate surface area is 141 Å². The van der Waals surface area contributed by atoms with Gasteiger partial charge in [0.25, 0.3) is 0 Å². The average molecular weight is 332 g/mol. The highest BCUT2D eigenvalue weighted by Gasteiger charge is 2.25. The number of benzene rings is 2. The lowest BCUT2D eigenvalue weighted by molar-refractivity contribution is 0.200. The third kappa shape index (κ3) is 3.24. The molecule has 1 atom stereocenters. The van der Waals surface area contributed by atoms with Gasteiger partial charge in [0.1, 0.15) is 0 Å². The summed E-state index contributed by atoms with van der Waals surface area (Å²) in [5.74, 6) is 0. The topological polar surface area (TPSA) is 18.5 Å². The molecule has 3 nitrogen and oxygen atoms in total. The number of anilines is 1. The van der Waals surface area contributed by atoms with E-state index in [1.807, 2.05) is 30.3 Å². The normalized spacial score (nSPS) is 17.2. The van der Waals surface area contributed by atoms with Gasteiger partial charge in [-0.05, 0) is 49.0 Å². The molecule has 1 heterocycles. The van der Waals surface area contributed by atoms with E-state index in [1.54, 1.807) is 0 Å². The van der Waals surface area contributed by atoms with E-state index in [2.05, 4.69) is 46.3 Å². The van der Waals surface area contributed by atoms with Crippen molar-refractivity contribution in [3.63, 3.8) is 0 Å². The van der Waals surface area contributed by atoms with E-state index in [0.717, 1.165) is 29.2 Å². The number of rotatable bonds is 3. The lowest BCUT2D eigenvalue weighted by Gasteiger charge is -2.41. The summed E-state index contributed by atoms with van der Waals surface area (Å²) in [6.45, 7) is 3.72. The van der Waals surface area contributed by atoms with Crippen LogP contribution in [-0.4, -0.2) is 23.3 Å². The largest absolute Gasteiger partial charge is 0.349 e. The first-order valence-electron chi connectivity index (χ1n) is 7.25. The van der Waals surface area contributed by atoms with Crippen LogP contribution in [-0.2, 0) is 0 Å². The van der Waals surface area contributed by atoms with Crippen molar-refractivity contribution in [2.75, 3.05) is 18.2 Å². The summed E-state index contributed by atoms with van der Waals surface area (Å²) in [6, 6.07) is 18.6. The van der Waals surface area contributed by atoms with Gasteiger partial charge in [-0.2, -0.15) is 0 Å². The van der Waals surface area contributed by atoms with Gasteiger partial charge in [-0.15, -0.1) is 0 Å². The number of nitrogens with zero attached hydrogens (tertiary/aromatic N) is 2. The molecule has 1 fully saturated rings. The van der Waals surface area contributed by atoms with Gasteiger partial charge in [-0.25, -0.2) is 0 Å². The van der Waals surface area contributed by atoms with Crippen LogP contribution in [0.3, 0.4) is 0 Å². The van der Waals surface area contributed by atoms with Gasteiger partial charge in [-0.3, -0.25) is 4.90 Å². The molecule has 1 aliphatic heterocycles. The Morgan fingerprint density at radius 3 is 2.45 bits per heavy atom. The van der Waals surface area contributed by atoms with Crippen LogP contribution < -0.4 is 10.2 Å². The standard InChI is InChI=1S/C17H18ClN3S/c1-13(14-5-3-2-4-6-14)20-11-19-17(22)21(12-20)16-9-7-15(18)8-10-16/h2-10,13H,11-12H2,1H3,(H,19,22). The van der Waals surface area contributed by atoms with Gasteiger partial charge < -0.3 is 10.2 Å². The Hall–Kier alpha value is -1.62. The van der Waals surface area contributed by atoms with E-state index in [-0.39, 0.29) is 0 Å². The zero-order valence-electron chi connectivity index (χ0n) is 12.4. The summed E-state index contributed by atoms with van der Waals surface area (Å²) in [5, 5.41) is 4.78. The van der Waals surface area contributed by atoms with E-state index in [1.165, 1.54) is 5.56 Å². The lowest BCUT2D eigenvalue weighted by atomic mass is 10.1. The fourth-order valence-electron chi connectivity index (χ4n) is 2.58. The molecule has 5 heteroatoms. The number of hydrogen-bond acceptors (Lipinski definition) is 2. The SMILES string of the molecule is CC(c1ccccc1)N1CNC(=S)N(c2ccc(Cl)cc2)C1. The second-order valence-electron chi connectivity index (χ2n) is 5.36. The van der Waals surface area contributed by atoms with E-state index < -0.39 is 0 Å². The molecule has 2 aromatic carbocycles. The molecule has 22 heavy (non-hydrogen) atoms. The summed E-state index contributed by atoms with van der Waals surface area (Å²) in [5.41, 5.74) is 2.35. The molecule has 114 valence electrons. The minimum absolute atomic E-state index is 0.312. The Balaban J connectivity index is 1.78. The maximum absolute atomic E-state index is 5.97. The van der Waals surface area contributed by atoms with Crippen molar-refractivity contribution in [3.05, 3.63) is 65.2 Å². The first-order chi connectivity index (χ1) is 10.6. The van der Waals surface area contributed by atoms with E-state index in [9.17, 15) is 0 Å². The predicted octanol–water partition coefficient (Wildman–Crippen LogP) is 4.01. The molecule has 1 aliphatic rings. The number of nitrogens with one attached hydrogen (secondary N) is 1. The lowest BCUT2D eigenvalue weighted by Crippen LogP contribution is -2.56. The van der Waals surface area contributed by atoms with E-state index in [0.29, 0.717) is 6.04 Å². The van der Waals surface area contributed by atoms with Crippen LogP contribution in [0.25, 0.3) is 0 Å². The molecule has 2 aromatic rings. The molecule has 0 amide bonds. The highest BCUT2D eigenvalue weighted by Crippen LogP contribution is 2.25. The molecule has 1 unspecified atom stereocenters. The monoisotopic (exact) mass is 331 g/mol. The van der Waals surface area contributed by atoms with Crippen LogP contribution in [0.5, 0.6) is 0 Å². The van der Waals surface area contributed by atoms with Crippen molar-refractivity contribution in [3.8, 4) is 0 Å². The third-order valence-corrected chi connectivity index (χ3v) is 4.59.